The molecule has 0 atom stereocenters. The Bertz CT molecular complexity index is 195. The van der Waals surface area contributed by atoms with Crippen molar-refractivity contribution in [2.24, 2.45) is 0 Å². The molecular formula is C11H21NO2. The Morgan fingerprint density at radius 2 is 1.64 bits per heavy atom. The Morgan fingerprint density at radius 3 is 2.07 bits per heavy atom. The topological polar surface area (TPSA) is 21.7 Å². The summed E-state index contributed by atoms with van der Waals surface area (Å²) in [6.45, 7) is 12.1. The fourth-order valence-corrected chi connectivity index (χ4v) is 2.25. The first kappa shape index (κ1) is 11.5. The van der Waals surface area contributed by atoms with Crippen LogP contribution in [-0.4, -0.2) is 16.1 Å². The zero-order valence-electron chi connectivity index (χ0n) is 9.67. The predicted molar refractivity (Wildman–Crippen MR) is 56.2 cm³/mol. The van der Waals surface area contributed by atoms with E-state index in [1.54, 1.807) is 0 Å². The van der Waals surface area contributed by atoms with Crippen molar-refractivity contribution >= 4 is 0 Å². The fraction of sp³-hybridized carbons (Fsp3) is 0.818. The van der Waals surface area contributed by atoms with Gasteiger partial charge in [-0.3, -0.25) is 0 Å². The van der Waals surface area contributed by atoms with Crippen LogP contribution in [-0.2, 0) is 9.88 Å². The third-order valence-electron chi connectivity index (χ3n) is 2.86. The molecule has 1 saturated heterocycles. The lowest BCUT2D eigenvalue weighted by Crippen LogP contribution is -2.57. The molecule has 0 spiro atoms. The van der Waals surface area contributed by atoms with E-state index in [0.29, 0.717) is 0 Å². The molecule has 0 N–H and O–H groups in total. The van der Waals surface area contributed by atoms with Crippen molar-refractivity contribution in [1.29, 1.82) is 0 Å². The van der Waals surface area contributed by atoms with Gasteiger partial charge in [-0.25, -0.2) is 0 Å². The summed E-state index contributed by atoms with van der Waals surface area (Å²) in [5, 5.41) is 1.94. The Balaban J connectivity index is 2.74. The summed E-state index contributed by atoms with van der Waals surface area (Å²) in [6, 6.07) is 0. The Morgan fingerprint density at radius 1 is 1.14 bits per heavy atom. The minimum Gasteiger partial charge on any atom is -0.328 e. The van der Waals surface area contributed by atoms with Gasteiger partial charge >= 0.3 is 0 Å². The lowest BCUT2D eigenvalue weighted by Gasteiger charge is -2.49. The molecule has 82 valence electrons. The van der Waals surface area contributed by atoms with Gasteiger partial charge in [0.25, 0.3) is 0 Å². The smallest absolute Gasteiger partial charge is 0.124 e. The van der Waals surface area contributed by atoms with Gasteiger partial charge in [-0.2, -0.15) is 0 Å². The fourth-order valence-electron chi connectivity index (χ4n) is 2.25. The van der Waals surface area contributed by atoms with Crippen LogP contribution in [0.4, 0.5) is 0 Å². The maximum atomic E-state index is 5.28. The number of rotatable bonds is 3. The minimum absolute atomic E-state index is 0.0186. The molecule has 14 heavy (non-hydrogen) atoms. The number of hydroxylamine groups is 2. The van der Waals surface area contributed by atoms with Gasteiger partial charge in [0, 0.05) is 11.1 Å². The molecule has 1 rings (SSSR count). The van der Waals surface area contributed by atoms with E-state index in [1.165, 1.54) is 12.7 Å². The lowest BCUT2D eigenvalue weighted by atomic mass is 9.82. The molecule has 0 amide bonds. The number of hydrogen-bond acceptors (Lipinski definition) is 3. The second-order valence-electron chi connectivity index (χ2n) is 5.11. The zero-order chi connectivity index (χ0) is 10.8. The summed E-state index contributed by atoms with van der Waals surface area (Å²) in [5.41, 5.74) is 0.0372. The Hall–Kier alpha value is -0.540. The van der Waals surface area contributed by atoms with E-state index in [1.807, 2.05) is 5.06 Å². The SMILES string of the molecule is C=COON1C(C)(C)CCCC1(C)C. The third kappa shape index (κ3) is 2.28. The third-order valence-corrected chi connectivity index (χ3v) is 2.86. The molecule has 1 fully saturated rings. The molecule has 0 aromatic heterocycles. The Labute approximate surface area is 86.6 Å². The molecule has 0 radical (unpaired) electrons. The molecule has 0 aromatic carbocycles. The van der Waals surface area contributed by atoms with Crippen molar-refractivity contribution in [3.63, 3.8) is 0 Å². The van der Waals surface area contributed by atoms with Gasteiger partial charge in [0.15, 0.2) is 0 Å². The summed E-state index contributed by atoms with van der Waals surface area (Å²) < 4.78 is 0. The van der Waals surface area contributed by atoms with Crippen LogP contribution in [0.5, 0.6) is 0 Å². The monoisotopic (exact) mass is 199 g/mol. The molecule has 1 heterocycles. The Kier molecular flexibility index (Phi) is 3.22. The minimum atomic E-state index is 0.0186. The average molecular weight is 199 g/mol. The van der Waals surface area contributed by atoms with Gasteiger partial charge in [0.2, 0.25) is 0 Å². The van der Waals surface area contributed by atoms with E-state index in [4.69, 9.17) is 9.88 Å². The van der Waals surface area contributed by atoms with Crippen molar-refractivity contribution < 1.29 is 9.88 Å². The molecule has 3 heteroatoms. The molecule has 0 aliphatic carbocycles. The van der Waals surface area contributed by atoms with E-state index in [2.05, 4.69) is 34.3 Å². The summed E-state index contributed by atoms with van der Waals surface area (Å²) in [6.07, 6.45) is 4.78. The highest BCUT2D eigenvalue weighted by Gasteiger charge is 2.43. The first-order valence-corrected chi connectivity index (χ1v) is 5.15. The number of hydrogen-bond donors (Lipinski definition) is 0. The van der Waals surface area contributed by atoms with Crippen LogP contribution in [0, 0.1) is 0 Å². The summed E-state index contributed by atoms with van der Waals surface area (Å²) in [4.78, 5) is 10.1. The molecule has 1 aliphatic rings. The maximum absolute atomic E-state index is 5.28. The highest BCUT2D eigenvalue weighted by molar-refractivity contribution is 4.92. The second kappa shape index (κ2) is 3.91. The largest absolute Gasteiger partial charge is 0.328 e. The molecule has 1 aliphatic heterocycles. The van der Waals surface area contributed by atoms with Gasteiger partial charge in [0.1, 0.15) is 6.26 Å². The van der Waals surface area contributed by atoms with Crippen LogP contribution in [0.3, 0.4) is 0 Å². The normalized spacial score (nSPS) is 25.7. The lowest BCUT2D eigenvalue weighted by molar-refractivity contribution is -0.452. The van der Waals surface area contributed by atoms with Crippen LogP contribution < -0.4 is 0 Å². The average Bonchev–Trinajstić information content (AvgIpc) is 2.01. The predicted octanol–water partition coefficient (Wildman–Crippen LogP) is 3.04. The second-order valence-corrected chi connectivity index (χ2v) is 5.11. The number of nitrogens with zero attached hydrogens (tertiary/aromatic N) is 1. The molecule has 0 unspecified atom stereocenters. The van der Waals surface area contributed by atoms with Crippen molar-refractivity contribution in [2.45, 2.75) is 58.0 Å². The van der Waals surface area contributed by atoms with E-state index in [0.717, 1.165) is 12.8 Å². The van der Waals surface area contributed by atoms with Crippen LogP contribution in [0.25, 0.3) is 0 Å². The highest BCUT2D eigenvalue weighted by atomic mass is 17.3. The van der Waals surface area contributed by atoms with E-state index >= 15 is 0 Å². The first-order valence-electron chi connectivity index (χ1n) is 5.15. The molecule has 0 aromatic rings. The quantitative estimate of drug-likeness (QED) is 0.396. The zero-order valence-corrected chi connectivity index (χ0v) is 9.67. The van der Waals surface area contributed by atoms with Crippen molar-refractivity contribution in [3.8, 4) is 0 Å². The summed E-state index contributed by atoms with van der Waals surface area (Å²) in [5.74, 6) is 0. The molecule has 0 bridgehead atoms. The van der Waals surface area contributed by atoms with Gasteiger partial charge in [-0.05, 0) is 47.0 Å². The summed E-state index contributed by atoms with van der Waals surface area (Å²) in [7, 11) is 0. The molecule has 3 nitrogen and oxygen atoms in total. The van der Waals surface area contributed by atoms with E-state index < -0.39 is 0 Å². The van der Waals surface area contributed by atoms with Gasteiger partial charge in [-0.1, -0.05) is 11.6 Å². The van der Waals surface area contributed by atoms with Crippen LogP contribution >= 0.6 is 0 Å². The van der Waals surface area contributed by atoms with Gasteiger partial charge in [0.05, 0.1) is 0 Å². The molecular weight excluding hydrogens is 178 g/mol. The highest BCUT2D eigenvalue weighted by Crippen LogP contribution is 2.38. The number of piperidine rings is 1. The maximum Gasteiger partial charge on any atom is 0.124 e. The first-order chi connectivity index (χ1) is 6.40. The van der Waals surface area contributed by atoms with Crippen molar-refractivity contribution in [3.05, 3.63) is 12.8 Å². The van der Waals surface area contributed by atoms with Crippen LogP contribution in [0.15, 0.2) is 12.8 Å². The van der Waals surface area contributed by atoms with Crippen LogP contribution in [0.1, 0.15) is 47.0 Å². The van der Waals surface area contributed by atoms with Gasteiger partial charge in [-0.15, -0.1) is 5.06 Å². The standard InChI is InChI=1S/C11H21NO2/c1-6-13-14-12-10(2,3)8-7-9-11(12,4)5/h6H,1,7-9H2,2-5H3. The molecule has 0 saturated carbocycles. The van der Waals surface area contributed by atoms with Crippen molar-refractivity contribution in [2.75, 3.05) is 0 Å². The van der Waals surface area contributed by atoms with Gasteiger partial charge < -0.3 is 4.89 Å². The van der Waals surface area contributed by atoms with Crippen molar-refractivity contribution in [1.82, 2.24) is 5.06 Å². The summed E-state index contributed by atoms with van der Waals surface area (Å²) >= 11 is 0. The van der Waals surface area contributed by atoms with E-state index in [9.17, 15) is 0 Å². The van der Waals surface area contributed by atoms with Crippen LogP contribution in [0.2, 0.25) is 0 Å². The van der Waals surface area contributed by atoms with E-state index in [-0.39, 0.29) is 11.1 Å².